The molecule has 0 N–H and O–H groups in total. The monoisotopic (exact) mass is 234 g/mol. The molecular formula is C10H10N4O3. The second-order valence-electron chi connectivity index (χ2n) is 3.53. The molecule has 0 spiro atoms. The number of nitro groups is 1. The van der Waals surface area contributed by atoms with Crippen molar-refractivity contribution in [1.82, 2.24) is 4.98 Å². The molecule has 0 saturated heterocycles. The Kier molecular flexibility index (Phi) is 2.82. The minimum atomic E-state index is -0.538. The predicted octanol–water partition coefficient (Wildman–Crippen LogP) is 1.49. The summed E-state index contributed by atoms with van der Waals surface area (Å²) in [6.45, 7) is 1.92. The fourth-order valence-electron chi connectivity index (χ4n) is 1.47. The molecule has 2 rings (SSSR count). The van der Waals surface area contributed by atoms with E-state index in [1.54, 1.807) is 0 Å². The van der Waals surface area contributed by atoms with Crippen molar-refractivity contribution in [3.8, 4) is 0 Å². The van der Waals surface area contributed by atoms with Gasteiger partial charge in [-0.05, 0) is 12.5 Å². The van der Waals surface area contributed by atoms with Gasteiger partial charge in [-0.15, -0.1) is 0 Å². The van der Waals surface area contributed by atoms with Gasteiger partial charge in [0, 0.05) is 11.8 Å². The highest BCUT2D eigenvalue weighted by Gasteiger charge is 2.25. The van der Waals surface area contributed by atoms with Crippen LogP contribution < -0.4 is 5.01 Å². The normalized spacial score (nSPS) is 15.0. The Bertz CT molecular complexity index is 495. The standard InChI is InChI=1S/C10H10N4O3/c1-2-7-5-10(15)13(12-7)9-4-3-8(6-11-9)14(16)17/h3-4,6H,2,5H2,1H3. The zero-order valence-electron chi connectivity index (χ0n) is 9.16. The first-order valence-electron chi connectivity index (χ1n) is 5.11. The van der Waals surface area contributed by atoms with Gasteiger partial charge < -0.3 is 0 Å². The number of carbonyl (C=O) groups is 1. The van der Waals surface area contributed by atoms with Crippen LogP contribution in [-0.4, -0.2) is 21.5 Å². The van der Waals surface area contributed by atoms with E-state index in [4.69, 9.17) is 0 Å². The number of amides is 1. The topological polar surface area (TPSA) is 88.7 Å². The third kappa shape index (κ3) is 2.12. The van der Waals surface area contributed by atoms with Crippen LogP contribution in [0.5, 0.6) is 0 Å². The van der Waals surface area contributed by atoms with Crippen molar-refractivity contribution < 1.29 is 9.72 Å². The molecule has 17 heavy (non-hydrogen) atoms. The van der Waals surface area contributed by atoms with Gasteiger partial charge in [-0.25, -0.2) is 4.98 Å². The van der Waals surface area contributed by atoms with Crippen molar-refractivity contribution in [3.63, 3.8) is 0 Å². The summed E-state index contributed by atoms with van der Waals surface area (Å²) in [6.07, 6.45) is 2.10. The van der Waals surface area contributed by atoms with Crippen LogP contribution in [0.15, 0.2) is 23.4 Å². The number of rotatable bonds is 3. The van der Waals surface area contributed by atoms with Crippen LogP contribution in [0, 0.1) is 10.1 Å². The quantitative estimate of drug-likeness (QED) is 0.585. The fraction of sp³-hybridized carbons (Fsp3) is 0.300. The lowest BCUT2D eigenvalue weighted by atomic mass is 10.2. The molecule has 1 amide bonds. The second-order valence-corrected chi connectivity index (χ2v) is 3.53. The van der Waals surface area contributed by atoms with E-state index in [0.717, 1.165) is 11.9 Å². The Hall–Kier alpha value is -2.31. The van der Waals surface area contributed by atoms with E-state index in [9.17, 15) is 14.9 Å². The number of hydrogen-bond acceptors (Lipinski definition) is 5. The highest BCUT2D eigenvalue weighted by molar-refractivity contribution is 6.12. The maximum absolute atomic E-state index is 11.6. The van der Waals surface area contributed by atoms with Crippen molar-refractivity contribution in [2.45, 2.75) is 19.8 Å². The van der Waals surface area contributed by atoms with E-state index < -0.39 is 4.92 Å². The molecule has 0 radical (unpaired) electrons. The van der Waals surface area contributed by atoms with Gasteiger partial charge in [0.1, 0.15) is 6.20 Å². The van der Waals surface area contributed by atoms with E-state index in [1.807, 2.05) is 6.92 Å². The molecule has 7 nitrogen and oxygen atoms in total. The number of anilines is 1. The summed E-state index contributed by atoms with van der Waals surface area (Å²) in [7, 11) is 0. The molecule has 2 heterocycles. The molecule has 1 aliphatic rings. The van der Waals surface area contributed by atoms with Gasteiger partial charge in [-0.2, -0.15) is 10.1 Å². The van der Waals surface area contributed by atoms with Crippen molar-refractivity contribution in [2.75, 3.05) is 5.01 Å². The van der Waals surface area contributed by atoms with E-state index >= 15 is 0 Å². The smallest absolute Gasteiger partial charge is 0.272 e. The van der Waals surface area contributed by atoms with Crippen LogP contribution >= 0.6 is 0 Å². The number of aromatic nitrogens is 1. The summed E-state index contributed by atoms with van der Waals surface area (Å²) in [4.78, 5) is 25.4. The van der Waals surface area contributed by atoms with Gasteiger partial charge >= 0.3 is 0 Å². The SMILES string of the molecule is CCC1=NN(c2ccc([N+](=O)[O-])cn2)C(=O)C1. The lowest BCUT2D eigenvalue weighted by molar-refractivity contribution is -0.385. The second kappa shape index (κ2) is 4.28. The van der Waals surface area contributed by atoms with Crippen LogP contribution in [0.1, 0.15) is 19.8 Å². The number of hydrogen-bond donors (Lipinski definition) is 0. The third-order valence-electron chi connectivity index (χ3n) is 2.40. The lowest BCUT2D eigenvalue weighted by Crippen LogP contribution is -2.20. The first-order chi connectivity index (χ1) is 8.11. The van der Waals surface area contributed by atoms with Crippen LogP contribution in [0.3, 0.4) is 0 Å². The Morgan fingerprint density at radius 3 is 2.76 bits per heavy atom. The first-order valence-corrected chi connectivity index (χ1v) is 5.11. The number of carbonyl (C=O) groups excluding carboxylic acids is 1. The van der Waals surface area contributed by atoms with E-state index in [2.05, 4.69) is 10.1 Å². The molecule has 0 atom stereocenters. The van der Waals surface area contributed by atoms with Gasteiger partial charge in [-0.1, -0.05) is 6.92 Å². The van der Waals surface area contributed by atoms with E-state index in [1.165, 1.54) is 17.1 Å². The molecule has 7 heteroatoms. The van der Waals surface area contributed by atoms with Gasteiger partial charge in [-0.3, -0.25) is 14.9 Å². The van der Waals surface area contributed by atoms with Gasteiger partial charge in [0.25, 0.3) is 11.6 Å². The van der Waals surface area contributed by atoms with Crippen molar-refractivity contribution >= 4 is 23.1 Å². The minimum Gasteiger partial charge on any atom is -0.272 e. The molecule has 1 aromatic heterocycles. The predicted molar refractivity (Wildman–Crippen MR) is 60.7 cm³/mol. The largest absolute Gasteiger partial charge is 0.287 e. The maximum Gasteiger partial charge on any atom is 0.287 e. The summed E-state index contributed by atoms with van der Waals surface area (Å²) in [5.74, 6) is 0.146. The highest BCUT2D eigenvalue weighted by atomic mass is 16.6. The summed E-state index contributed by atoms with van der Waals surface area (Å²) >= 11 is 0. The van der Waals surface area contributed by atoms with Crippen molar-refractivity contribution in [1.29, 1.82) is 0 Å². The van der Waals surface area contributed by atoms with Crippen LogP contribution in [0.2, 0.25) is 0 Å². The molecular weight excluding hydrogens is 224 g/mol. The molecule has 1 aromatic rings. The molecule has 1 aliphatic heterocycles. The molecule has 88 valence electrons. The number of nitrogens with zero attached hydrogens (tertiary/aromatic N) is 4. The van der Waals surface area contributed by atoms with Gasteiger partial charge in [0.2, 0.25) is 0 Å². The zero-order valence-corrected chi connectivity index (χ0v) is 9.16. The third-order valence-corrected chi connectivity index (χ3v) is 2.40. The Labute approximate surface area is 96.9 Å². The summed E-state index contributed by atoms with van der Waals surface area (Å²) in [5.41, 5.74) is 0.676. The highest BCUT2D eigenvalue weighted by Crippen LogP contribution is 2.20. The van der Waals surface area contributed by atoms with Gasteiger partial charge in [0.15, 0.2) is 5.82 Å². The number of pyridine rings is 1. The minimum absolute atomic E-state index is 0.111. The van der Waals surface area contributed by atoms with Crippen LogP contribution in [0.4, 0.5) is 11.5 Å². The Morgan fingerprint density at radius 2 is 2.29 bits per heavy atom. The summed E-state index contributed by atoms with van der Waals surface area (Å²) in [6, 6.07) is 2.72. The van der Waals surface area contributed by atoms with Crippen LogP contribution in [0.25, 0.3) is 0 Å². The first kappa shape index (κ1) is 11.2. The fourth-order valence-corrected chi connectivity index (χ4v) is 1.47. The molecule has 0 bridgehead atoms. The molecule has 0 fully saturated rings. The summed E-state index contributed by atoms with van der Waals surface area (Å²) in [5, 5.41) is 15.7. The Balaban J connectivity index is 2.26. The average molecular weight is 234 g/mol. The van der Waals surface area contributed by atoms with Gasteiger partial charge in [0.05, 0.1) is 11.3 Å². The maximum atomic E-state index is 11.6. The molecule has 0 saturated carbocycles. The van der Waals surface area contributed by atoms with Crippen molar-refractivity contribution in [2.24, 2.45) is 5.10 Å². The Morgan fingerprint density at radius 1 is 1.53 bits per heavy atom. The van der Waals surface area contributed by atoms with Crippen molar-refractivity contribution in [3.05, 3.63) is 28.4 Å². The molecule has 0 aliphatic carbocycles. The summed E-state index contributed by atoms with van der Waals surface area (Å²) < 4.78 is 0. The zero-order chi connectivity index (χ0) is 12.4. The van der Waals surface area contributed by atoms with E-state index in [-0.39, 0.29) is 18.0 Å². The van der Waals surface area contributed by atoms with Crippen LogP contribution in [-0.2, 0) is 4.79 Å². The average Bonchev–Trinajstić information content (AvgIpc) is 2.71. The lowest BCUT2D eigenvalue weighted by Gasteiger charge is -2.09. The molecule has 0 aromatic carbocycles. The number of hydrazone groups is 1. The molecule has 0 unspecified atom stereocenters. The van der Waals surface area contributed by atoms with E-state index in [0.29, 0.717) is 12.2 Å².